The lowest BCUT2D eigenvalue weighted by atomic mass is 9.95. The number of imide groups is 1. The quantitative estimate of drug-likeness (QED) is 0.458. The predicted octanol–water partition coefficient (Wildman–Crippen LogP) is 2.81. The molecule has 0 atom stereocenters. The summed E-state index contributed by atoms with van der Waals surface area (Å²) in [6.07, 6.45) is 1.07. The van der Waals surface area contributed by atoms with Gasteiger partial charge in [-0.05, 0) is 36.1 Å². The van der Waals surface area contributed by atoms with Crippen LogP contribution in [0.3, 0.4) is 0 Å². The van der Waals surface area contributed by atoms with E-state index in [0.717, 1.165) is 16.1 Å². The molecule has 0 fully saturated rings. The van der Waals surface area contributed by atoms with Crippen molar-refractivity contribution in [2.24, 2.45) is 5.10 Å². The van der Waals surface area contributed by atoms with E-state index in [9.17, 15) is 19.5 Å². The molecule has 2 aromatic carbocycles. The normalized spacial score (nSPS) is 13.3. The molecule has 0 aliphatic carbocycles. The SMILES string of the molecule is Cc1c(C=NN2C(=O)c3cccc4c(Br)ccc(c34)C2=O)c(O)[nH]c(=O)c1C#N. The van der Waals surface area contributed by atoms with Gasteiger partial charge >= 0.3 is 0 Å². The number of rotatable bonds is 2. The van der Waals surface area contributed by atoms with Gasteiger partial charge in [-0.15, -0.1) is 0 Å². The van der Waals surface area contributed by atoms with Crippen molar-refractivity contribution in [1.82, 2.24) is 9.99 Å². The van der Waals surface area contributed by atoms with Gasteiger partial charge in [-0.3, -0.25) is 19.4 Å². The highest BCUT2D eigenvalue weighted by Gasteiger charge is 2.33. The molecule has 9 heteroatoms. The maximum atomic E-state index is 12.9. The highest BCUT2D eigenvalue weighted by Crippen LogP contribution is 2.34. The van der Waals surface area contributed by atoms with Crippen LogP contribution in [0.15, 0.2) is 44.7 Å². The number of carbonyl (C=O) groups is 2. The molecule has 0 unspecified atom stereocenters. The molecule has 2 heterocycles. The van der Waals surface area contributed by atoms with Crippen LogP contribution in [-0.4, -0.2) is 33.1 Å². The van der Waals surface area contributed by atoms with Crippen LogP contribution in [0.5, 0.6) is 5.88 Å². The average Bonchev–Trinajstić information content (AvgIpc) is 2.69. The third-order valence-electron chi connectivity index (χ3n) is 4.74. The topological polar surface area (TPSA) is 127 Å². The highest BCUT2D eigenvalue weighted by molar-refractivity contribution is 9.10. The Morgan fingerprint density at radius 1 is 1.17 bits per heavy atom. The van der Waals surface area contributed by atoms with E-state index in [1.54, 1.807) is 36.4 Å². The second-order valence-electron chi connectivity index (χ2n) is 6.32. The van der Waals surface area contributed by atoms with Crippen molar-refractivity contribution >= 4 is 44.7 Å². The molecule has 0 saturated heterocycles. The van der Waals surface area contributed by atoms with E-state index in [1.165, 1.54) is 6.92 Å². The lowest BCUT2D eigenvalue weighted by Gasteiger charge is -2.23. The van der Waals surface area contributed by atoms with E-state index in [2.05, 4.69) is 26.0 Å². The number of halogens is 1. The van der Waals surface area contributed by atoms with Gasteiger partial charge in [-0.1, -0.05) is 28.1 Å². The summed E-state index contributed by atoms with van der Waals surface area (Å²) >= 11 is 3.42. The number of hydrogen-bond acceptors (Lipinski definition) is 6. The zero-order chi connectivity index (χ0) is 20.9. The maximum absolute atomic E-state index is 12.9. The van der Waals surface area contributed by atoms with Crippen molar-refractivity contribution in [3.63, 3.8) is 0 Å². The molecule has 2 amide bonds. The number of hydrazone groups is 1. The van der Waals surface area contributed by atoms with Gasteiger partial charge in [0.2, 0.25) is 5.88 Å². The molecule has 0 bridgehead atoms. The zero-order valence-electron chi connectivity index (χ0n) is 14.9. The minimum Gasteiger partial charge on any atom is -0.494 e. The van der Waals surface area contributed by atoms with E-state index >= 15 is 0 Å². The van der Waals surface area contributed by atoms with Crippen LogP contribution in [0.25, 0.3) is 10.8 Å². The molecule has 0 spiro atoms. The Labute approximate surface area is 171 Å². The molecule has 29 heavy (non-hydrogen) atoms. The Kier molecular flexibility index (Phi) is 4.28. The fourth-order valence-electron chi connectivity index (χ4n) is 3.28. The number of aromatic hydroxyl groups is 1. The maximum Gasteiger partial charge on any atom is 0.282 e. The van der Waals surface area contributed by atoms with E-state index in [4.69, 9.17) is 5.26 Å². The largest absolute Gasteiger partial charge is 0.494 e. The number of hydrogen-bond donors (Lipinski definition) is 2. The Balaban J connectivity index is 1.84. The molecule has 0 saturated carbocycles. The van der Waals surface area contributed by atoms with Crippen molar-refractivity contribution in [3.05, 3.63) is 73.0 Å². The third kappa shape index (κ3) is 2.73. The first-order valence-corrected chi connectivity index (χ1v) is 9.14. The Hall–Kier alpha value is -3.77. The summed E-state index contributed by atoms with van der Waals surface area (Å²) in [5.74, 6) is -1.76. The highest BCUT2D eigenvalue weighted by atomic mass is 79.9. The minimum atomic E-state index is -0.740. The van der Waals surface area contributed by atoms with E-state index in [1.807, 2.05) is 0 Å². The predicted molar refractivity (Wildman–Crippen MR) is 108 cm³/mol. The fraction of sp³-hybridized carbons (Fsp3) is 0.0500. The van der Waals surface area contributed by atoms with Crippen molar-refractivity contribution < 1.29 is 14.7 Å². The van der Waals surface area contributed by atoms with Gasteiger partial charge in [0.15, 0.2) is 0 Å². The number of nitriles is 1. The first-order valence-electron chi connectivity index (χ1n) is 8.35. The molecule has 8 nitrogen and oxygen atoms in total. The van der Waals surface area contributed by atoms with Crippen LogP contribution in [-0.2, 0) is 0 Å². The van der Waals surface area contributed by atoms with E-state index < -0.39 is 23.3 Å². The van der Waals surface area contributed by atoms with E-state index in [-0.39, 0.29) is 16.7 Å². The first kappa shape index (κ1) is 18.6. The number of carbonyl (C=O) groups excluding carboxylic acids is 2. The standard InChI is InChI=1S/C20H11BrN4O4/c1-9-13(7-22)17(26)24-18(27)14(9)8-23-25-19(28)11-4-2-3-10-15(21)6-5-12(16(10)11)20(25)29/h2-6,8H,1H3,(H2,24,26,27). The molecule has 2 N–H and O–H groups in total. The molecule has 1 aliphatic heterocycles. The zero-order valence-corrected chi connectivity index (χ0v) is 16.4. The van der Waals surface area contributed by atoms with Gasteiger partial charge in [-0.2, -0.15) is 15.4 Å². The summed E-state index contributed by atoms with van der Waals surface area (Å²) in [4.78, 5) is 39.7. The van der Waals surface area contributed by atoms with Crippen molar-refractivity contribution in [1.29, 1.82) is 5.26 Å². The average molecular weight is 451 g/mol. The van der Waals surface area contributed by atoms with Crippen LogP contribution in [0, 0.1) is 18.3 Å². The Morgan fingerprint density at radius 3 is 2.55 bits per heavy atom. The van der Waals surface area contributed by atoms with Crippen molar-refractivity contribution in [2.45, 2.75) is 6.92 Å². The van der Waals surface area contributed by atoms with Gasteiger partial charge in [0.25, 0.3) is 17.4 Å². The number of nitrogens with zero attached hydrogens (tertiary/aromatic N) is 3. The van der Waals surface area contributed by atoms with Crippen LogP contribution in [0.4, 0.5) is 0 Å². The third-order valence-corrected chi connectivity index (χ3v) is 5.43. The molecule has 3 aromatic rings. The molecule has 1 aliphatic rings. The van der Waals surface area contributed by atoms with Crippen LogP contribution in [0.1, 0.15) is 37.4 Å². The van der Waals surface area contributed by atoms with Crippen molar-refractivity contribution in [3.8, 4) is 11.9 Å². The molecular formula is C20H11BrN4O4. The molecule has 142 valence electrons. The van der Waals surface area contributed by atoms with Gasteiger partial charge in [0, 0.05) is 9.86 Å². The summed E-state index contributed by atoms with van der Waals surface area (Å²) in [5, 5.41) is 25.1. The van der Waals surface area contributed by atoms with Gasteiger partial charge in [0.05, 0.1) is 22.9 Å². The van der Waals surface area contributed by atoms with Gasteiger partial charge < -0.3 is 5.11 Å². The number of aromatic amines is 1. The van der Waals surface area contributed by atoms with E-state index in [0.29, 0.717) is 21.5 Å². The summed E-state index contributed by atoms with van der Waals surface area (Å²) in [6.45, 7) is 1.46. The van der Waals surface area contributed by atoms with Gasteiger partial charge in [-0.25, -0.2) is 0 Å². The van der Waals surface area contributed by atoms with Crippen LogP contribution >= 0.6 is 15.9 Å². The number of amides is 2. The summed E-state index contributed by atoms with van der Waals surface area (Å²) in [6, 6.07) is 10.2. The molecule has 4 rings (SSSR count). The Morgan fingerprint density at radius 2 is 1.86 bits per heavy atom. The lowest BCUT2D eigenvalue weighted by Crippen LogP contribution is -2.36. The Bertz CT molecular complexity index is 1350. The monoisotopic (exact) mass is 450 g/mol. The summed E-state index contributed by atoms with van der Waals surface area (Å²) < 4.78 is 0.758. The first-order chi connectivity index (χ1) is 13.8. The second kappa shape index (κ2) is 6.68. The number of H-pyrrole nitrogens is 1. The van der Waals surface area contributed by atoms with Crippen LogP contribution < -0.4 is 5.56 Å². The second-order valence-corrected chi connectivity index (χ2v) is 7.17. The fourth-order valence-corrected chi connectivity index (χ4v) is 3.74. The number of nitrogens with one attached hydrogen (secondary N) is 1. The smallest absolute Gasteiger partial charge is 0.282 e. The minimum absolute atomic E-state index is 0.0292. The number of pyridine rings is 1. The lowest BCUT2D eigenvalue weighted by molar-refractivity contribution is 0.0616. The number of aromatic nitrogens is 1. The van der Waals surface area contributed by atoms with Crippen molar-refractivity contribution in [2.75, 3.05) is 0 Å². The van der Waals surface area contributed by atoms with Gasteiger partial charge in [0.1, 0.15) is 11.6 Å². The summed E-state index contributed by atoms with van der Waals surface area (Å²) in [5.41, 5.74) is -0.0924. The number of benzene rings is 2. The molecular weight excluding hydrogens is 440 g/mol. The van der Waals surface area contributed by atoms with Crippen LogP contribution in [0.2, 0.25) is 0 Å². The molecule has 0 radical (unpaired) electrons. The molecule has 1 aromatic heterocycles. The summed E-state index contributed by atoms with van der Waals surface area (Å²) in [7, 11) is 0.